The zero-order valence-corrected chi connectivity index (χ0v) is 61.8. The quantitative estimate of drug-likeness (QED) is 0.0277. The lowest BCUT2D eigenvalue weighted by Crippen LogP contribution is -2.68. The smallest absolute Gasteiger partial charge is 0.338 e. The monoisotopic (exact) mass is 1510 g/mol. The zero-order valence-electron chi connectivity index (χ0n) is 61.8. The first-order valence-electron chi connectivity index (χ1n) is 37.7. The Kier molecular flexibility index (Phi) is 27.3. The number of hydrogen-bond acceptors (Lipinski definition) is 19. The van der Waals surface area contributed by atoms with Gasteiger partial charge in [-0.2, -0.15) is 0 Å². The summed E-state index contributed by atoms with van der Waals surface area (Å²) in [6.07, 6.45) is -20.7. The molecule has 11 aromatic carbocycles. The maximum absolute atomic E-state index is 15.4. The van der Waals surface area contributed by atoms with Crippen LogP contribution < -0.4 is 0 Å². The van der Waals surface area contributed by atoms with E-state index in [0.29, 0.717) is 5.56 Å². The molecule has 0 aliphatic carbocycles. The van der Waals surface area contributed by atoms with Crippen molar-refractivity contribution in [2.24, 2.45) is 0 Å². The van der Waals surface area contributed by atoms with Crippen LogP contribution in [-0.4, -0.2) is 136 Å². The van der Waals surface area contributed by atoms with Crippen molar-refractivity contribution in [2.75, 3.05) is 19.8 Å². The van der Waals surface area contributed by atoms with Crippen LogP contribution in [0.25, 0.3) is 10.8 Å². The van der Waals surface area contributed by atoms with Crippen molar-refractivity contribution in [1.82, 2.24) is 0 Å². The second kappa shape index (κ2) is 39.3. The van der Waals surface area contributed by atoms with Gasteiger partial charge in [0, 0.05) is 0 Å². The molecular weight excluding hydrogens is 1420 g/mol. The fourth-order valence-corrected chi connectivity index (χ4v) is 14.0. The van der Waals surface area contributed by atoms with Crippen LogP contribution in [0.2, 0.25) is 0 Å². The van der Waals surface area contributed by atoms with Crippen LogP contribution in [0.3, 0.4) is 0 Å². The summed E-state index contributed by atoms with van der Waals surface area (Å²) >= 11 is 0. The topological polar surface area (TPSA) is 207 Å². The number of carbonyl (C=O) groups is 4. The normalized spacial score (nSPS) is 23.6. The van der Waals surface area contributed by atoms with Crippen LogP contribution in [0.5, 0.6) is 0 Å². The third-order valence-corrected chi connectivity index (χ3v) is 19.7. The second-order valence-electron chi connectivity index (χ2n) is 27.6. The number of hydrogen-bond donors (Lipinski definition) is 0. The fourth-order valence-electron chi connectivity index (χ4n) is 14.0. The molecule has 0 bridgehead atoms. The first kappa shape index (κ1) is 77.8. The minimum Gasteiger partial charge on any atom is -0.459 e. The van der Waals surface area contributed by atoms with Gasteiger partial charge in [0.25, 0.3) is 0 Å². The average Bonchev–Trinajstić information content (AvgIpc) is 0.757. The molecule has 3 aliphatic heterocycles. The molecule has 11 aromatic rings. The minimum atomic E-state index is -1.75. The van der Waals surface area contributed by atoms with E-state index in [1.807, 2.05) is 194 Å². The number of rotatable bonds is 33. The van der Waals surface area contributed by atoms with Gasteiger partial charge in [0.15, 0.2) is 30.9 Å². The van der Waals surface area contributed by atoms with Gasteiger partial charge in [0.05, 0.1) is 81.2 Å². The lowest BCUT2D eigenvalue weighted by Gasteiger charge is -2.51. The van der Waals surface area contributed by atoms with Crippen LogP contribution >= 0.6 is 0 Å². The maximum atomic E-state index is 15.4. The Morgan fingerprint density at radius 1 is 0.268 bits per heavy atom. The molecule has 574 valence electrons. The summed E-state index contributed by atoms with van der Waals surface area (Å²) in [5.41, 5.74) is 5.62. The Labute approximate surface area is 651 Å². The largest absolute Gasteiger partial charge is 0.459 e. The van der Waals surface area contributed by atoms with Crippen LogP contribution in [0.15, 0.2) is 315 Å². The maximum Gasteiger partial charge on any atom is 0.338 e. The van der Waals surface area contributed by atoms with E-state index >= 15 is 9.59 Å². The summed E-state index contributed by atoms with van der Waals surface area (Å²) in [6.45, 7) is 1.15. The van der Waals surface area contributed by atoms with Crippen LogP contribution in [0.4, 0.5) is 0 Å². The molecule has 3 saturated heterocycles. The van der Waals surface area contributed by atoms with Gasteiger partial charge in [-0.25, -0.2) is 19.2 Å². The Morgan fingerprint density at radius 2 is 0.589 bits per heavy atom. The van der Waals surface area contributed by atoms with Crippen molar-refractivity contribution in [3.63, 3.8) is 0 Å². The van der Waals surface area contributed by atoms with E-state index in [-0.39, 0.29) is 75.1 Å². The van der Waals surface area contributed by atoms with Gasteiger partial charge in [0.1, 0.15) is 61.5 Å². The van der Waals surface area contributed by atoms with Gasteiger partial charge in [-0.05, 0) is 106 Å². The van der Waals surface area contributed by atoms with Crippen molar-refractivity contribution < 1.29 is 90.2 Å². The molecule has 3 heterocycles. The van der Waals surface area contributed by atoms with E-state index in [0.717, 1.165) is 38.6 Å². The van der Waals surface area contributed by atoms with Crippen molar-refractivity contribution in [2.45, 2.75) is 138 Å². The molecule has 0 amide bonds. The molecule has 0 radical (unpaired) electrons. The lowest BCUT2D eigenvalue weighted by atomic mass is 9.93. The van der Waals surface area contributed by atoms with Gasteiger partial charge >= 0.3 is 23.9 Å². The lowest BCUT2D eigenvalue weighted by molar-refractivity contribution is -0.382. The van der Waals surface area contributed by atoms with E-state index in [1.165, 1.54) is 0 Å². The Bertz CT molecular complexity index is 4710. The standard InChI is InChI=1S/C93H88O19/c1-63-79(108-89(95)72-44-23-8-24-45-72)84(81(101-57-67-37-17-5-18-38-67)76(105-63)60-98-54-64-31-11-2-12-32-64)111-92-86(103-58-68-39-19-6-20-40-68)85(82(109-90(96)73-46-25-9-26-47-73)78(107-92)62-104-88(94)71-42-21-7-22-43-71)112-93-87(110-91(97)74-48-27-10-28-49-74)83(102-59-69-51-52-70-41-29-30-50-75(70)53-69)80(100-56-66-35-15-4-16-36-66)77(106-93)61-99-55-65-33-13-3-14-34-65/h2-53,63,76-87,92-93H,54-62H2,1H3. The fraction of sp³-hybridized carbons (Fsp3) is 0.269. The predicted octanol–water partition coefficient (Wildman–Crippen LogP) is 15.5. The molecule has 112 heavy (non-hydrogen) atoms. The molecule has 0 saturated carbocycles. The molecule has 15 unspecified atom stereocenters. The molecule has 14 rings (SSSR count). The number of carbonyl (C=O) groups excluding carboxylic acids is 4. The average molecular weight is 1510 g/mol. The van der Waals surface area contributed by atoms with E-state index in [2.05, 4.69) is 0 Å². The minimum absolute atomic E-state index is 0.0108. The number of fused-ring (bicyclic) bond motifs is 1. The highest BCUT2D eigenvalue weighted by Gasteiger charge is 2.59. The highest BCUT2D eigenvalue weighted by molar-refractivity contribution is 5.91. The molecule has 3 aliphatic rings. The molecule has 0 N–H and O–H groups in total. The summed E-state index contributed by atoms with van der Waals surface area (Å²) in [6, 6.07) is 95.6. The SMILES string of the molecule is CC1OC(COCc2ccccc2)C(OCc2ccccc2)C(OC2OC(COC(=O)c3ccccc3)C(OC(=O)c3ccccc3)C(OC3OC(COCc4ccccc4)C(OCc4ccccc4)C(OCc4ccc5ccccc5c4)C3OC(=O)c3ccccc3)C2OCc2ccccc2)C1OC(=O)c1ccccc1. The van der Waals surface area contributed by atoms with E-state index < -0.39 is 122 Å². The van der Waals surface area contributed by atoms with Gasteiger partial charge in [-0.15, -0.1) is 0 Å². The van der Waals surface area contributed by atoms with Crippen molar-refractivity contribution in [3.05, 3.63) is 371 Å². The first-order chi connectivity index (χ1) is 55.1. The molecule has 19 heteroatoms. The van der Waals surface area contributed by atoms with Crippen molar-refractivity contribution in [3.8, 4) is 0 Å². The van der Waals surface area contributed by atoms with Gasteiger partial charge in [-0.1, -0.05) is 261 Å². The van der Waals surface area contributed by atoms with Crippen molar-refractivity contribution >= 4 is 34.6 Å². The second-order valence-corrected chi connectivity index (χ2v) is 27.6. The van der Waals surface area contributed by atoms with Gasteiger partial charge in [0.2, 0.25) is 0 Å². The number of benzene rings is 11. The molecular formula is C93H88O19. The van der Waals surface area contributed by atoms with E-state index in [4.69, 9.17) is 71.1 Å². The molecule has 15 atom stereocenters. The Balaban J connectivity index is 0.938. The highest BCUT2D eigenvalue weighted by Crippen LogP contribution is 2.40. The Morgan fingerprint density at radius 3 is 1.04 bits per heavy atom. The van der Waals surface area contributed by atoms with Crippen LogP contribution in [0.1, 0.15) is 81.7 Å². The van der Waals surface area contributed by atoms with Crippen LogP contribution in [-0.2, 0) is 111 Å². The number of esters is 4. The van der Waals surface area contributed by atoms with Crippen LogP contribution in [0, 0.1) is 0 Å². The summed E-state index contributed by atoms with van der Waals surface area (Å²) in [7, 11) is 0. The number of ether oxygens (including phenoxy) is 15. The van der Waals surface area contributed by atoms with E-state index in [9.17, 15) is 9.59 Å². The molecule has 3 fully saturated rings. The third-order valence-electron chi connectivity index (χ3n) is 19.7. The molecule has 19 nitrogen and oxygen atoms in total. The summed E-state index contributed by atoms with van der Waals surface area (Å²) in [4.78, 5) is 60.1. The third kappa shape index (κ3) is 20.8. The highest BCUT2D eigenvalue weighted by atomic mass is 16.8. The van der Waals surface area contributed by atoms with Crippen molar-refractivity contribution in [1.29, 1.82) is 0 Å². The summed E-state index contributed by atoms with van der Waals surface area (Å²) in [5, 5.41) is 1.97. The Hall–Kier alpha value is -10.9. The van der Waals surface area contributed by atoms with Gasteiger partial charge < -0.3 is 71.1 Å². The molecule has 0 aromatic heterocycles. The zero-order chi connectivity index (χ0) is 76.6. The first-order valence-corrected chi connectivity index (χ1v) is 37.7. The summed E-state index contributed by atoms with van der Waals surface area (Å²) in [5.74, 6) is -3.06. The predicted molar refractivity (Wildman–Crippen MR) is 415 cm³/mol. The van der Waals surface area contributed by atoms with E-state index in [1.54, 1.807) is 128 Å². The molecule has 0 spiro atoms. The van der Waals surface area contributed by atoms with Gasteiger partial charge in [-0.3, -0.25) is 0 Å². The summed E-state index contributed by atoms with van der Waals surface area (Å²) < 4.78 is 106.